The fourth-order valence-electron chi connectivity index (χ4n) is 3.35. The second-order valence-electron chi connectivity index (χ2n) is 7.43. The van der Waals surface area contributed by atoms with Crippen LogP contribution in [0.25, 0.3) is 21.7 Å². The van der Waals surface area contributed by atoms with Crippen molar-refractivity contribution < 1.29 is 17.6 Å². The summed E-state index contributed by atoms with van der Waals surface area (Å²) in [6.45, 7) is 0.167. The van der Waals surface area contributed by atoms with Crippen molar-refractivity contribution in [3.63, 3.8) is 0 Å². The summed E-state index contributed by atoms with van der Waals surface area (Å²) in [5.41, 5.74) is 2.01. The topological polar surface area (TPSA) is 76.1 Å². The first-order chi connectivity index (χ1) is 16.1. The Morgan fingerprint density at radius 2 is 1.68 bits per heavy atom. The Morgan fingerprint density at radius 1 is 1.03 bits per heavy atom. The molecule has 34 heavy (non-hydrogen) atoms. The molecule has 0 spiro atoms. The van der Waals surface area contributed by atoms with E-state index in [9.17, 15) is 17.6 Å². The van der Waals surface area contributed by atoms with Crippen LogP contribution >= 0.6 is 34.5 Å². The lowest BCUT2D eigenvalue weighted by Gasteiger charge is -2.08. The number of rotatable bonds is 6. The van der Waals surface area contributed by atoms with Crippen molar-refractivity contribution in [3.8, 4) is 21.7 Å². The summed E-state index contributed by atoms with van der Waals surface area (Å²) in [6, 6.07) is 17.1. The number of carbonyl (C=O) groups excluding carboxylic acids is 1. The van der Waals surface area contributed by atoms with Gasteiger partial charge in [-0.2, -0.15) is 0 Å². The summed E-state index contributed by atoms with van der Waals surface area (Å²) in [6.07, 6.45) is 1.11. The van der Waals surface area contributed by atoms with Crippen LogP contribution in [0.5, 0.6) is 0 Å². The summed E-state index contributed by atoms with van der Waals surface area (Å²) in [5, 5.41) is 3.81. The number of sulfone groups is 1. The maximum atomic E-state index is 13.5. The predicted octanol–water partition coefficient (Wildman–Crippen LogP) is 6.26. The molecule has 0 aliphatic carbocycles. The number of halogens is 3. The summed E-state index contributed by atoms with van der Waals surface area (Å²) >= 11 is 13.1. The van der Waals surface area contributed by atoms with Gasteiger partial charge in [-0.1, -0.05) is 53.5 Å². The first-order valence-electron chi connectivity index (χ1n) is 9.91. The lowest BCUT2D eigenvalue weighted by atomic mass is 10.1. The minimum Gasteiger partial charge on any atom is -0.346 e. The number of aromatic nitrogens is 1. The van der Waals surface area contributed by atoms with Gasteiger partial charge < -0.3 is 5.32 Å². The second kappa shape index (κ2) is 9.84. The Hall–Kier alpha value is -2.78. The number of thiazole rings is 1. The quantitative estimate of drug-likeness (QED) is 0.317. The third-order valence-corrected chi connectivity index (χ3v) is 7.54. The van der Waals surface area contributed by atoms with Gasteiger partial charge in [0, 0.05) is 28.4 Å². The van der Waals surface area contributed by atoms with Gasteiger partial charge >= 0.3 is 0 Å². The van der Waals surface area contributed by atoms with Crippen molar-refractivity contribution in [3.05, 3.63) is 93.2 Å². The van der Waals surface area contributed by atoms with Crippen LogP contribution in [0.2, 0.25) is 10.0 Å². The Bertz CT molecular complexity index is 1470. The Balaban J connectivity index is 1.76. The van der Waals surface area contributed by atoms with Crippen molar-refractivity contribution in [2.45, 2.75) is 11.4 Å². The molecule has 0 saturated carbocycles. The average molecular weight is 535 g/mol. The highest BCUT2D eigenvalue weighted by molar-refractivity contribution is 7.90. The smallest absolute Gasteiger partial charge is 0.280 e. The van der Waals surface area contributed by atoms with Crippen LogP contribution in [-0.2, 0) is 16.4 Å². The maximum absolute atomic E-state index is 13.5. The van der Waals surface area contributed by atoms with Crippen LogP contribution in [0.1, 0.15) is 15.4 Å². The maximum Gasteiger partial charge on any atom is 0.280 e. The zero-order chi connectivity index (χ0) is 24.5. The van der Waals surface area contributed by atoms with E-state index in [0.29, 0.717) is 37.3 Å². The minimum atomic E-state index is -3.57. The molecule has 0 aliphatic rings. The molecule has 0 fully saturated rings. The highest BCUT2D eigenvalue weighted by Crippen LogP contribution is 2.39. The third kappa shape index (κ3) is 5.47. The molecule has 1 heterocycles. The zero-order valence-corrected chi connectivity index (χ0v) is 20.8. The van der Waals surface area contributed by atoms with Crippen molar-refractivity contribution in [1.29, 1.82) is 0 Å². The number of hydrogen-bond donors (Lipinski definition) is 1. The van der Waals surface area contributed by atoms with Gasteiger partial charge in [-0.3, -0.25) is 4.79 Å². The Kier molecular flexibility index (Phi) is 7.04. The van der Waals surface area contributed by atoms with E-state index in [1.165, 1.54) is 18.2 Å². The minimum absolute atomic E-state index is 0.0872. The molecule has 0 atom stereocenters. The van der Waals surface area contributed by atoms with E-state index in [0.717, 1.165) is 17.6 Å². The van der Waals surface area contributed by atoms with E-state index in [1.54, 1.807) is 48.5 Å². The summed E-state index contributed by atoms with van der Waals surface area (Å²) in [5.74, 6) is -0.864. The standard InChI is InChI=1S/C24H17Cl2FN2O3S2/c1-34(31,32)20-5-3-2-4-19(20)21-22(15-6-8-18(27)9-7-15)33-24(29-21)23(30)28-13-14-10-16(25)12-17(26)11-14/h2-12H,13H2,1H3,(H,28,30). The van der Waals surface area contributed by atoms with Gasteiger partial charge in [-0.15, -0.1) is 11.3 Å². The molecule has 5 nitrogen and oxygen atoms in total. The van der Waals surface area contributed by atoms with Crippen LogP contribution in [-0.4, -0.2) is 25.6 Å². The van der Waals surface area contributed by atoms with Gasteiger partial charge in [0.1, 0.15) is 5.82 Å². The number of nitrogens with one attached hydrogen (secondary N) is 1. The monoisotopic (exact) mass is 534 g/mol. The molecule has 174 valence electrons. The normalized spacial score (nSPS) is 11.4. The first kappa shape index (κ1) is 24.3. The van der Waals surface area contributed by atoms with Gasteiger partial charge in [-0.05, 0) is 47.5 Å². The molecule has 4 aromatic rings. The fraction of sp³-hybridized carbons (Fsp3) is 0.0833. The fourth-order valence-corrected chi connectivity index (χ4v) is 5.82. The largest absolute Gasteiger partial charge is 0.346 e. The molecule has 0 saturated heterocycles. The number of nitrogens with zero attached hydrogens (tertiary/aromatic N) is 1. The van der Waals surface area contributed by atoms with E-state index >= 15 is 0 Å². The number of hydrogen-bond acceptors (Lipinski definition) is 5. The number of amides is 1. The van der Waals surface area contributed by atoms with Crippen molar-refractivity contribution in [2.75, 3.05) is 6.26 Å². The van der Waals surface area contributed by atoms with E-state index in [1.807, 2.05) is 0 Å². The number of carbonyl (C=O) groups is 1. The van der Waals surface area contributed by atoms with Crippen LogP contribution < -0.4 is 5.32 Å². The Morgan fingerprint density at radius 3 is 2.32 bits per heavy atom. The van der Waals surface area contributed by atoms with Crippen LogP contribution in [0, 0.1) is 5.82 Å². The van der Waals surface area contributed by atoms with Gasteiger partial charge in [0.25, 0.3) is 5.91 Å². The van der Waals surface area contributed by atoms with Gasteiger partial charge in [0.05, 0.1) is 15.5 Å². The van der Waals surface area contributed by atoms with E-state index in [-0.39, 0.29) is 16.4 Å². The predicted molar refractivity (Wildman–Crippen MR) is 134 cm³/mol. The highest BCUT2D eigenvalue weighted by atomic mass is 35.5. The molecule has 0 radical (unpaired) electrons. The van der Waals surface area contributed by atoms with E-state index in [2.05, 4.69) is 10.3 Å². The van der Waals surface area contributed by atoms with Crippen LogP contribution in [0.4, 0.5) is 4.39 Å². The molecular formula is C24H17Cl2FN2O3S2. The van der Waals surface area contributed by atoms with Crippen molar-refractivity contribution in [2.24, 2.45) is 0 Å². The first-order valence-corrected chi connectivity index (χ1v) is 13.4. The lowest BCUT2D eigenvalue weighted by Crippen LogP contribution is -2.22. The van der Waals surface area contributed by atoms with E-state index < -0.39 is 21.6 Å². The molecule has 1 N–H and O–H groups in total. The Labute approximate surface area is 210 Å². The molecule has 0 aliphatic heterocycles. The SMILES string of the molecule is CS(=O)(=O)c1ccccc1-c1nc(C(=O)NCc2cc(Cl)cc(Cl)c2)sc1-c1ccc(F)cc1. The molecule has 3 aromatic carbocycles. The van der Waals surface area contributed by atoms with Gasteiger partial charge in [0.15, 0.2) is 14.8 Å². The third-order valence-electron chi connectivity index (χ3n) is 4.84. The molecule has 0 unspecified atom stereocenters. The van der Waals surface area contributed by atoms with Gasteiger partial charge in [-0.25, -0.2) is 17.8 Å². The molecular weight excluding hydrogens is 518 g/mol. The summed E-state index contributed by atoms with van der Waals surface area (Å²) < 4.78 is 38.3. The van der Waals surface area contributed by atoms with Crippen LogP contribution in [0.15, 0.2) is 71.6 Å². The van der Waals surface area contributed by atoms with Crippen molar-refractivity contribution in [1.82, 2.24) is 10.3 Å². The van der Waals surface area contributed by atoms with Crippen molar-refractivity contribution >= 4 is 50.3 Å². The summed E-state index contributed by atoms with van der Waals surface area (Å²) in [7, 11) is -3.57. The zero-order valence-electron chi connectivity index (χ0n) is 17.7. The highest BCUT2D eigenvalue weighted by Gasteiger charge is 2.23. The molecule has 4 rings (SSSR count). The second-order valence-corrected chi connectivity index (χ2v) is 11.3. The molecule has 1 aromatic heterocycles. The van der Waals surface area contributed by atoms with Crippen LogP contribution in [0.3, 0.4) is 0 Å². The molecule has 10 heteroatoms. The molecule has 0 bridgehead atoms. The van der Waals surface area contributed by atoms with E-state index in [4.69, 9.17) is 23.2 Å². The lowest BCUT2D eigenvalue weighted by molar-refractivity contribution is 0.0950. The average Bonchev–Trinajstić information content (AvgIpc) is 3.22. The number of benzene rings is 3. The van der Waals surface area contributed by atoms with Gasteiger partial charge in [0.2, 0.25) is 0 Å². The molecule has 1 amide bonds. The summed E-state index contributed by atoms with van der Waals surface area (Å²) in [4.78, 5) is 18.1.